The summed E-state index contributed by atoms with van der Waals surface area (Å²) in [6, 6.07) is 15.5. The van der Waals surface area contributed by atoms with Crippen molar-refractivity contribution < 1.29 is 28.5 Å². The SMILES string of the molecule is CC(C)(C)OC[C@H](NC(=O)OCc1ccccc1)C(=O)c1ccccc1C1OCCO1. The van der Waals surface area contributed by atoms with Gasteiger partial charge in [-0.1, -0.05) is 54.6 Å². The van der Waals surface area contributed by atoms with E-state index in [9.17, 15) is 9.59 Å². The molecular formula is C24H29NO6. The van der Waals surface area contributed by atoms with Crippen LogP contribution in [0.2, 0.25) is 0 Å². The minimum atomic E-state index is -0.926. The van der Waals surface area contributed by atoms with Crippen LogP contribution < -0.4 is 5.32 Å². The molecule has 1 N–H and O–H groups in total. The maximum atomic E-state index is 13.4. The van der Waals surface area contributed by atoms with Crippen LogP contribution >= 0.6 is 0 Å². The lowest BCUT2D eigenvalue weighted by Crippen LogP contribution is -2.46. The number of ketones is 1. The predicted molar refractivity (Wildman–Crippen MR) is 115 cm³/mol. The molecule has 1 atom stereocenters. The van der Waals surface area contributed by atoms with Crippen molar-refractivity contribution in [1.29, 1.82) is 0 Å². The standard InChI is InChI=1S/C24H29NO6/c1-24(2,3)31-16-20(25-23(27)30-15-17-9-5-4-6-10-17)21(26)18-11-7-8-12-19(18)22-28-13-14-29-22/h4-12,20,22H,13-16H2,1-3H3,(H,25,27)/t20-/m0/s1. The van der Waals surface area contributed by atoms with E-state index >= 15 is 0 Å². The molecule has 1 amide bonds. The van der Waals surface area contributed by atoms with Crippen LogP contribution in [0.25, 0.3) is 0 Å². The molecule has 0 aromatic heterocycles. The number of carbonyl (C=O) groups excluding carboxylic acids is 2. The molecule has 1 saturated heterocycles. The molecule has 7 heteroatoms. The molecule has 1 fully saturated rings. The van der Waals surface area contributed by atoms with Crippen LogP contribution in [0.5, 0.6) is 0 Å². The molecular weight excluding hydrogens is 398 g/mol. The molecule has 31 heavy (non-hydrogen) atoms. The molecule has 3 rings (SSSR count). The number of Topliss-reactive ketones (excluding diaryl/α,β-unsaturated/α-hetero) is 1. The third-order valence-electron chi connectivity index (χ3n) is 4.61. The first-order valence-corrected chi connectivity index (χ1v) is 10.3. The van der Waals surface area contributed by atoms with Crippen LogP contribution in [-0.4, -0.2) is 43.3 Å². The lowest BCUT2D eigenvalue weighted by atomic mass is 9.98. The van der Waals surface area contributed by atoms with Gasteiger partial charge in [-0.15, -0.1) is 0 Å². The van der Waals surface area contributed by atoms with E-state index in [2.05, 4.69) is 5.32 Å². The first-order chi connectivity index (χ1) is 14.8. The number of rotatable bonds is 8. The number of amides is 1. The Labute approximate surface area is 182 Å². The van der Waals surface area contributed by atoms with E-state index in [1.54, 1.807) is 18.2 Å². The molecule has 1 aliphatic rings. The van der Waals surface area contributed by atoms with Crippen LogP contribution in [0.1, 0.15) is 48.5 Å². The normalized spacial score (nSPS) is 15.5. The van der Waals surface area contributed by atoms with Crippen molar-refractivity contribution >= 4 is 11.9 Å². The van der Waals surface area contributed by atoms with Crippen LogP contribution in [-0.2, 0) is 25.6 Å². The van der Waals surface area contributed by atoms with Gasteiger partial charge in [-0.2, -0.15) is 0 Å². The highest BCUT2D eigenvalue weighted by atomic mass is 16.7. The number of alkyl carbamates (subject to hydrolysis) is 1. The van der Waals surface area contributed by atoms with E-state index < -0.39 is 24.0 Å². The fourth-order valence-electron chi connectivity index (χ4n) is 3.08. The molecule has 0 radical (unpaired) electrons. The van der Waals surface area contributed by atoms with Gasteiger partial charge in [-0.3, -0.25) is 4.79 Å². The molecule has 7 nitrogen and oxygen atoms in total. The summed E-state index contributed by atoms with van der Waals surface area (Å²) in [4.78, 5) is 25.8. The molecule has 2 aromatic rings. The summed E-state index contributed by atoms with van der Waals surface area (Å²) in [6.07, 6.45) is -1.29. The quantitative estimate of drug-likeness (QED) is 0.641. The zero-order chi connectivity index (χ0) is 22.3. The van der Waals surface area contributed by atoms with Crippen molar-refractivity contribution in [3.05, 3.63) is 71.3 Å². The fourth-order valence-corrected chi connectivity index (χ4v) is 3.08. The molecule has 166 valence electrons. The maximum absolute atomic E-state index is 13.4. The van der Waals surface area contributed by atoms with Crippen LogP contribution in [0.4, 0.5) is 4.79 Å². The van der Waals surface area contributed by atoms with Gasteiger partial charge in [0.25, 0.3) is 0 Å². The van der Waals surface area contributed by atoms with Crippen LogP contribution in [0.15, 0.2) is 54.6 Å². The van der Waals surface area contributed by atoms with Gasteiger partial charge in [-0.05, 0) is 26.3 Å². The van der Waals surface area contributed by atoms with E-state index in [1.165, 1.54) is 0 Å². The lowest BCUT2D eigenvalue weighted by Gasteiger charge is -2.25. The van der Waals surface area contributed by atoms with E-state index in [4.69, 9.17) is 18.9 Å². The Kier molecular flexibility index (Phi) is 7.79. The van der Waals surface area contributed by atoms with Gasteiger partial charge in [0.05, 0.1) is 25.4 Å². The average Bonchev–Trinajstić information content (AvgIpc) is 3.29. The van der Waals surface area contributed by atoms with Crippen molar-refractivity contribution in [1.82, 2.24) is 5.32 Å². The van der Waals surface area contributed by atoms with Gasteiger partial charge < -0.3 is 24.3 Å². The van der Waals surface area contributed by atoms with Crippen molar-refractivity contribution in [2.75, 3.05) is 19.8 Å². The lowest BCUT2D eigenvalue weighted by molar-refractivity contribution is -0.0447. The first kappa shape index (κ1) is 22.9. The fraction of sp³-hybridized carbons (Fsp3) is 0.417. The molecule has 0 saturated carbocycles. The second-order valence-electron chi connectivity index (χ2n) is 8.21. The topological polar surface area (TPSA) is 83.1 Å². The van der Waals surface area contributed by atoms with E-state index in [0.29, 0.717) is 24.3 Å². The van der Waals surface area contributed by atoms with Crippen LogP contribution in [0.3, 0.4) is 0 Å². The van der Waals surface area contributed by atoms with Crippen molar-refractivity contribution in [2.45, 2.75) is 45.3 Å². The molecule has 0 unspecified atom stereocenters. The minimum absolute atomic E-state index is 0.00346. The van der Waals surface area contributed by atoms with Crippen molar-refractivity contribution in [3.8, 4) is 0 Å². The number of hydrogen-bond acceptors (Lipinski definition) is 6. The number of hydrogen-bond donors (Lipinski definition) is 1. The third kappa shape index (κ3) is 6.89. The Morgan fingerprint density at radius 1 is 1.03 bits per heavy atom. The Hall–Kier alpha value is -2.74. The Morgan fingerprint density at radius 2 is 1.68 bits per heavy atom. The van der Waals surface area contributed by atoms with Gasteiger partial charge >= 0.3 is 6.09 Å². The summed E-state index contributed by atoms with van der Waals surface area (Å²) in [5.41, 5.74) is 1.42. The largest absolute Gasteiger partial charge is 0.445 e. The number of benzene rings is 2. The van der Waals surface area contributed by atoms with Crippen molar-refractivity contribution in [3.63, 3.8) is 0 Å². The molecule has 1 heterocycles. The Morgan fingerprint density at radius 3 is 2.35 bits per heavy atom. The Balaban J connectivity index is 1.73. The first-order valence-electron chi connectivity index (χ1n) is 10.3. The van der Waals surface area contributed by atoms with E-state index in [-0.39, 0.29) is 19.0 Å². The van der Waals surface area contributed by atoms with Gasteiger partial charge in [0.2, 0.25) is 0 Å². The molecule has 0 bridgehead atoms. The molecule has 0 aliphatic carbocycles. The van der Waals surface area contributed by atoms with Crippen LogP contribution in [0, 0.1) is 0 Å². The summed E-state index contributed by atoms with van der Waals surface area (Å²) >= 11 is 0. The third-order valence-corrected chi connectivity index (χ3v) is 4.61. The highest BCUT2D eigenvalue weighted by Gasteiger charge is 2.30. The maximum Gasteiger partial charge on any atom is 0.408 e. The second-order valence-corrected chi connectivity index (χ2v) is 8.21. The zero-order valence-corrected chi connectivity index (χ0v) is 18.1. The van der Waals surface area contributed by atoms with Crippen molar-refractivity contribution in [2.24, 2.45) is 0 Å². The monoisotopic (exact) mass is 427 g/mol. The van der Waals surface area contributed by atoms with E-state index in [0.717, 1.165) is 5.56 Å². The molecule has 1 aliphatic heterocycles. The minimum Gasteiger partial charge on any atom is -0.445 e. The molecule has 2 aromatic carbocycles. The summed E-state index contributed by atoms with van der Waals surface area (Å²) < 4.78 is 22.3. The average molecular weight is 427 g/mol. The smallest absolute Gasteiger partial charge is 0.408 e. The predicted octanol–water partition coefficient (Wildman–Crippen LogP) is 4.02. The highest BCUT2D eigenvalue weighted by Crippen LogP contribution is 2.27. The Bertz CT molecular complexity index is 871. The van der Waals surface area contributed by atoms with Gasteiger partial charge in [0.15, 0.2) is 12.1 Å². The van der Waals surface area contributed by atoms with Gasteiger partial charge in [0, 0.05) is 11.1 Å². The summed E-state index contributed by atoms with van der Waals surface area (Å²) in [5, 5.41) is 2.66. The highest BCUT2D eigenvalue weighted by molar-refractivity contribution is 6.02. The van der Waals surface area contributed by atoms with Gasteiger partial charge in [0.1, 0.15) is 12.6 Å². The summed E-state index contributed by atoms with van der Waals surface area (Å²) in [5.74, 6) is -0.296. The second kappa shape index (κ2) is 10.5. The number of carbonyl (C=O) groups is 2. The van der Waals surface area contributed by atoms with Gasteiger partial charge in [-0.25, -0.2) is 4.79 Å². The number of ether oxygens (including phenoxy) is 4. The number of nitrogens with one attached hydrogen (secondary N) is 1. The summed E-state index contributed by atoms with van der Waals surface area (Å²) in [7, 11) is 0. The summed E-state index contributed by atoms with van der Waals surface area (Å²) in [6.45, 7) is 6.70. The molecule has 0 spiro atoms. The van der Waals surface area contributed by atoms with E-state index in [1.807, 2.05) is 57.2 Å². The zero-order valence-electron chi connectivity index (χ0n) is 18.1.